The van der Waals surface area contributed by atoms with Crippen LogP contribution in [-0.2, 0) is 20.4 Å². The van der Waals surface area contributed by atoms with Crippen LogP contribution in [0.15, 0.2) is 18.2 Å². The molecule has 2 atom stereocenters. The summed E-state index contributed by atoms with van der Waals surface area (Å²) in [5, 5.41) is 29.9. The summed E-state index contributed by atoms with van der Waals surface area (Å²) in [5.74, 6) is -5.37. The van der Waals surface area contributed by atoms with E-state index in [0.717, 1.165) is 11.1 Å². The fourth-order valence-corrected chi connectivity index (χ4v) is 3.25. The highest BCUT2D eigenvalue weighted by molar-refractivity contribution is 5.93. The monoisotopic (exact) mass is 378 g/mol. The molecule has 3 N–H and O–H groups in total. The number of hydrogen-bond acceptors (Lipinski definition) is 3. The topological polar surface area (TPSA) is 94.8 Å². The van der Waals surface area contributed by atoms with Gasteiger partial charge in [-0.25, -0.2) is 0 Å². The van der Waals surface area contributed by atoms with Crippen molar-refractivity contribution in [1.82, 2.24) is 0 Å². The van der Waals surface area contributed by atoms with Crippen LogP contribution in [0.4, 0.5) is 0 Å². The van der Waals surface area contributed by atoms with Crippen molar-refractivity contribution in [1.29, 1.82) is 0 Å². The number of rotatable bonds is 7. The summed E-state index contributed by atoms with van der Waals surface area (Å²) >= 11 is 0. The predicted molar refractivity (Wildman–Crippen MR) is 106 cm³/mol. The molecule has 0 radical (unpaired) electrons. The molecule has 2 unspecified atom stereocenters. The maximum atomic E-state index is 11.6. The molecule has 0 amide bonds. The molecule has 0 aliphatic carbocycles. The second kappa shape index (κ2) is 8.42. The molecule has 0 saturated carbocycles. The van der Waals surface area contributed by atoms with Gasteiger partial charge in [0, 0.05) is 5.92 Å². The summed E-state index contributed by atoms with van der Waals surface area (Å²) in [7, 11) is 0. The molecule has 0 spiro atoms. The van der Waals surface area contributed by atoms with Crippen molar-refractivity contribution in [3.8, 4) is 0 Å². The van der Waals surface area contributed by atoms with Gasteiger partial charge in [0.1, 0.15) is 0 Å². The number of aliphatic hydroxyl groups is 1. The summed E-state index contributed by atoms with van der Waals surface area (Å²) in [5.41, 5.74) is 2.32. The molecule has 5 heteroatoms. The molecule has 0 bridgehead atoms. The Bertz CT molecular complexity index is 633. The van der Waals surface area contributed by atoms with Crippen LogP contribution < -0.4 is 0 Å². The van der Waals surface area contributed by atoms with Crippen LogP contribution >= 0.6 is 0 Å². The van der Waals surface area contributed by atoms with E-state index in [-0.39, 0.29) is 10.8 Å². The Kier molecular flexibility index (Phi) is 7.23. The SMILES string of the molecule is CCCC(C(C(=O)O)C(=O)O)C(O)c1cc(C(C)(C)C)cc(C(C)(C)C)c1. The zero-order chi connectivity index (χ0) is 21.2. The molecule has 1 rings (SSSR count). The predicted octanol–water partition coefficient (Wildman–Crippen LogP) is 4.52. The molecule has 0 heterocycles. The Hall–Kier alpha value is -1.88. The average Bonchev–Trinajstić information content (AvgIpc) is 2.51. The van der Waals surface area contributed by atoms with Gasteiger partial charge in [0.25, 0.3) is 0 Å². The number of carboxylic acids is 2. The Morgan fingerprint density at radius 1 is 0.889 bits per heavy atom. The van der Waals surface area contributed by atoms with Gasteiger partial charge >= 0.3 is 11.9 Å². The van der Waals surface area contributed by atoms with Gasteiger partial charge in [-0.05, 0) is 33.9 Å². The van der Waals surface area contributed by atoms with Gasteiger partial charge < -0.3 is 15.3 Å². The number of carboxylic acid groups (broad SMARTS) is 2. The summed E-state index contributed by atoms with van der Waals surface area (Å²) < 4.78 is 0. The molecule has 152 valence electrons. The molecule has 0 aliphatic rings. The van der Waals surface area contributed by atoms with Gasteiger partial charge in [0.2, 0.25) is 0 Å². The lowest BCUT2D eigenvalue weighted by Crippen LogP contribution is -2.35. The number of carbonyl (C=O) groups is 2. The standard InChI is InChI=1S/C22H34O5/c1-8-9-16(17(19(24)25)20(26)27)18(23)13-10-14(21(2,3)4)12-15(11-13)22(5,6)7/h10-12,16-18,23H,8-9H2,1-7H3,(H,24,25)(H,26,27). The van der Waals surface area contributed by atoms with Crippen LogP contribution in [0.5, 0.6) is 0 Å². The number of aliphatic hydroxyl groups excluding tert-OH is 1. The number of hydrogen-bond donors (Lipinski definition) is 3. The van der Waals surface area contributed by atoms with Crippen molar-refractivity contribution in [2.45, 2.75) is 78.2 Å². The number of benzene rings is 1. The van der Waals surface area contributed by atoms with Gasteiger partial charge in [-0.2, -0.15) is 0 Å². The molecule has 27 heavy (non-hydrogen) atoms. The van der Waals surface area contributed by atoms with E-state index in [1.54, 1.807) is 0 Å². The van der Waals surface area contributed by atoms with E-state index in [1.165, 1.54) is 0 Å². The largest absolute Gasteiger partial charge is 0.481 e. The molecule has 5 nitrogen and oxygen atoms in total. The van der Waals surface area contributed by atoms with Gasteiger partial charge in [-0.3, -0.25) is 9.59 Å². The first-order valence-electron chi connectivity index (χ1n) is 9.49. The highest BCUT2D eigenvalue weighted by Gasteiger charge is 2.39. The lowest BCUT2D eigenvalue weighted by atomic mass is 9.76. The van der Waals surface area contributed by atoms with Crippen LogP contribution in [0.2, 0.25) is 0 Å². The molecule has 1 aromatic rings. The highest BCUT2D eigenvalue weighted by atomic mass is 16.4. The smallest absolute Gasteiger partial charge is 0.318 e. The minimum Gasteiger partial charge on any atom is -0.481 e. The van der Waals surface area contributed by atoms with Gasteiger partial charge in [-0.1, -0.05) is 73.1 Å². The molecular formula is C22H34O5. The molecule has 1 aromatic carbocycles. The average molecular weight is 379 g/mol. The Morgan fingerprint density at radius 2 is 1.30 bits per heavy atom. The van der Waals surface area contributed by atoms with E-state index in [9.17, 15) is 24.9 Å². The van der Waals surface area contributed by atoms with Crippen molar-refractivity contribution in [3.63, 3.8) is 0 Å². The van der Waals surface area contributed by atoms with Crippen molar-refractivity contribution < 1.29 is 24.9 Å². The maximum absolute atomic E-state index is 11.6. The van der Waals surface area contributed by atoms with Crippen molar-refractivity contribution in [3.05, 3.63) is 34.9 Å². The van der Waals surface area contributed by atoms with Crippen LogP contribution in [0, 0.1) is 11.8 Å². The summed E-state index contributed by atoms with van der Waals surface area (Å²) in [6.07, 6.45) is -0.260. The fraction of sp³-hybridized carbons (Fsp3) is 0.636. The summed E-state index contributed by atoms with van der Waals surface area (Å²) in [6, 6.07) is 5.86. The van der Waals surface area contributed by atoms with Crippen molar-refractivity contribution in [2.24, 2.45) is 11.8 Å². The lowest BCUT2D eigenvalue weighted by Gasteiger charge is -2.30. The van der Waals surface area contributed by atoms with Crippen LogP contribution in [0.3, 0.4) is 0 Å². The Balaban J connectivity index is 3.55. The van der Waals surface area contributed by atoms with E-state index in [0.29, 0.717) is 18.4 Å². The Labute approximate surface area is 162 Å². The van der Waals surface area contributed by atoms with Crippen molar-refractivity contribution >= 4 is 11.9 Å². The minimum atomic E-state index is -1.64. The molecule has 0 aliphatic heterocycles. The van der Waals surface area contributed by atoms with E-state index < -0.39 is 29.9 Å². The first-order chi connectivity index (χ1) is 12.2. The van der Waals surface area contributed by atoms with Gasteiger partial charge in [0.05, 0.1) is 6.10 Å². The molecule has 0 fully saturated rings. The third-order valence-corrected chi connectivity index (χ3v) is 5.02. The zero-order valence-corrected chi connectivity index (χ0v) is 17.5. The normalized spacial score (nSPS) is 14.9. The maximum Gasteiger partial charge on any atom is 0.318 e. The number of aliphatic carboxylic acids is 2. The fourth-order valence-electron chi connectivity index (χ4n) is 3.25. The second-order valence-electron chi connectivity index (χ2n) is 9.40. The third-order valence-electron chi connectivity index (χ3n) is 5.02. The summed E-state index contributed by atoms with van der Waals surface area (Å²) in [4.78, 5) is 23.1. The van der Waals surface area contributed by atoms with E-state index in [2.05, 4.69) is 47.6 Å². The van der Waals surface area contributed by atoms with Crippen molar-refractivity contribution in [2.75, 3.05) is 0 Å². The molecular weight excluding hydrogens is 344 g/mol. The van der Waals surface area contributed by atoms with E-state index in [1.807, 2.05) is 19.1 Å². The summed E-state index contributed by atoms with van der Waals surface area (Å²) in [6.45, 7) is 14.3. The quantitative estimate of drug-likeness (QED) is 0.607. The molecule has 0 aromatic heterocycles. The second-order valence-corrected chi connectivity index (χ2v) is 9.40. The Morgan fingerprint density at radius 3 is 1.59 bits per heavy atom. The van der Waals surface area contributed by atoms with Gasteiger partial charge in [0.15, 0.2) is 5.92 Å². The first-order valence-corrected chi connectivity index (χ1v) is 9.49. The van der Waals surface area contributed by atoms with Crippen LogP contribution in [0.1, 0.15) is 84.1 Å². The van der Waals surface area contributed by atoms with E-state index in [4.69, 9.17) is 0 Å². The highest BCUT2D eigenvalue weighted by Crippen LogP contribution is 2.37. The van der Waals surface area contributed by atoms with Crippen LogP contribution in [-0.4, -0.2) is 27.3 Å². The minimum absolute atomic E-state index is 0.158. The zero-order valence-electron chi connectivity index (χ0n) is 17.5. The van der Waals surface area contributed by atoms with Crippen LogP contribution in [0.25, 0.3) is 0 Å². The first kappa shape index (κ1) is 23.2. The lowest BCUT2D eigenvalue weighted by molar-refractivity contribution is -0.160. The van der Waals surface area contributed by atoms with E-state index >= 15 is 0 Å². The molecule has 0 saturated heterocycles. The van der Waals surface area contributed by atoms with Gasteiger partial charge in [-0.15, -0.1) is 0 Å². The third kappa shape index (κ3) is 5.80.